The summed E-state index contributed by atoms with van der Waals surface area (Å²) in [6.45, 7) is 8.95. The molecule has 4 heteroatoms. The van der Waals surface area contributed by atoms with Crippen molar-refractivity contribution < 1.29 is 19.1 Å². The zero-order valence-corrected chi connectivity index (χ0v) is 19.6. The molecule has 0 saturated heterocycles. The number of hydrogen-bond acceptors (Lipinski definition) is 4. The van der Waals surface area contributed by atoms with Crippen molar-refractivity contribution in [1.29, 1.82) is 0 Å². The van der Waals surface area contributed by atoms with Crippen LogP contribution in [0.3, 0.4) is 0 Å². The van der Waals surface area contributed by atoms with Gasteiger partial charge in [-0.05, 0) is 11.8 Å². The van der Waals surface area contributed by atoms with Crippen LogP contribution in [-0.4, -0.2) is 25.2 Å². The highest BCUT2D eigenvalue weighted by molar-refractivity contribution is 5.91. The van der Waals surface area contributed by atoms with Crippen molar-refractivity contribution in [2.45, 2.75) is 118 Å². The molecular weight excluding hydrogens is 364 g/mol. The minimum atomic E-state index is -0.506. The zero-order valence-electron chi connectivity index (χ0n) is 19.6. The van der Waals surface area contributed by atoms with Gasteiger partial charge < -0.3 is 9.47 Å². The van der Waals surface area contributed by atoms with Crippen LogP contribution in [0.25, 0.3) is 0 Å². The van der Waals surface area contributed by atoms with Gasteiger partial charge in [-0.3, -0.25) is 0 Å². The largest absolute Gasteiger partial charge is 0.463 e. The fourth-order valence-corrected chi connectivity index (χ4v) is 2.99. The maximum atomic E-state index is 11.6. The third-order valence-electron chi connectivity index (χ3n) is 4.75. The van der Waals surface area contributed by atoms with Gasteiger partial charge in [-0.2, -0.15) is 0 Å². The molecule has 0 aromatic carbocycles. The normalized spacial score (nSPS) is 11.7. The van der Waals surface area contributed by atoms with E-state index in [-0.39, 0.29) is 5.41 Å². The molecule has 0 radical (unpaired) electrons. The third-order valence-corrected chi connectivity index (χ3v) is 4.75. The summed E-state index contributed by atoms with van der Waals surface area (Å²) in [5.74, 6) is -0.985. The lowest BCUT2D eigenvalue weighted by Crippen LogP contribution is -2.17. The first-order valence-electron chi connectivity index (χ1n) is 11.9. The fraction of sp³-hybridized carbons (Fsp3) is 0.840. The van der Waals surface area contributed by atoms with E-state index >= 15 is 0 Å². The molecule has 0 N–H and O–H groups in total. The Balaban J connectivity index is 3.38. The summed E-state index contributed by atoms with van der Waals surface area (Å²) >= 11 is 0. The number of carbonyl (C=O) groups is 2. The Morgan fingerprint density at radius 3 is 1.41 bits per heavy atom. The lowest BCUT2D eigenvalue weighted by atomic mass is 9.99. The van der Waals surface area contributed by atoms with Crippen molar-refractivity contribution in [1.82, 2.24) is 0 Å². The summed E-state index contributed by atoms with van der Waals surface area (Å²) in [5.41, 5.74) is -0.0854. The quantitative estimate of drug-likeness (QED) is 0.137. The number of esters is 2. The van der Waals surface area contributed by atoms with E-state index in [0.29, 0.717) is 13.2 Å². The summed E-state index contributed by atoms with van der Waals surface area (Å²) in [7, 11) is 0. The van der Waals surface area contributed by atoms with Crippen molar-refractivity contribution in [2.24, 2.45) is 5.41 Å². The highest BCUT2D eigenvalue weighted by Gasteiger charge is 2.12. The van der Waals surface area contributed by atoms with Crippen LogP contribution in [0.15, 0.2) is 12.2 Å². The molecule has 0 saturated carbocycles. The molecular formula is C25H46O4. The molecule has 0 aromatic heterocycles. The first-order chi connectivity index (χ1) is 13.8. The van der Waals surface area contributed by atoms with E-state index in [0.717, 1.165) is 25.0 Å². The van der Waals surface area contributed by atoms with Gasteiger partial charge in [0.1, 0.15) is 0 Å². The first kappa shape index (κ1) is 27.7. The summed E-state index contributed by atoms with van der Waals surface area (Å²) in [4.78, 5) is 23.1. The van der Waals surface area contributed by atoms with E-state index < -0.39 is 11.9 Å². The fourth-order valence-electron chi connectivity index (χ4n) is 2.99. The molecule has 170 valence electrons. The van der Waals surface area contributed by atoms with Gasteiger partial charge in [0.05, 0.1) is 13.2 Å². The van der Waals surface area contributed by atoms with Crippen molar-refractivity contribution in [3.8, 4) is 0 Å². The molecule has 0 aliphatic rings. The van der Waals surface area contributed by atoms with Gasteiger partial charge >= 0.3 is 11.9 Å². The number of rotatable bonds is 18. The molecule has 0 spiro atoms. The van der Waals surface area contributed by atoms with Gasteiger partial charge in [0.25, 0.3) is 0 Å². The summed E-state index contributed by atoms with van der Waals surface area (Å²) in [6, 6.07) is 0. The molecule has 0 unspecified atom stereocenters. The van der Waals surface area contributed by atoms with E-state index in [4.69, 9.17) is 9.47 Å². The van der Waals surface area contributed by atoms with Gasteiger partial charge in [-0.15, -0.1) is 0 Å². The van der Waals surface area contributed by atoms with Crippen molar-refractivity contribution in [3.63, 3.8) is 0 Å². The maximum Gasteiger partial charge on any atom is 0.331 e. The van der Waals surface area contributed by atoms with Crippen LogP contribution >= 0.6 is 0 Å². The summed E-state index contributed by atoms with van der Waals surface area (Å²) in [6.07, 6.45) is 20.5. The minimum absolute atomic E-state index is 0.0854. The Labute approximate surface area is 179 Å². The summed E-state index contributed by atoms with van der Waals surface area (Å²) in [5, 5.41) is 0. The maximum absolute atomic E-state index is 11.6. The summed E-state index contributed by atoms with van der Waals surface area (Å²) < 4.78 is 10.2. The third kappa shape index (κ3) is 22.8. The lowest BCUT2D eigenvalue weighted by Gasteiger charge is -2.16. The molecule has 29 heavy (non-hydrogen) atoms. The van der Waals surface area contributed by atoms with Crippen LogP contribution in [0.4, 0.5) is 0 Å². The minimum Gasteiger partial charge on any atom is -0.463 e. The van der Waals surface area contributed by atoms with Crippen molar-refractivity contribution >= 4 is 11.9 Å². The SMILES string of the molecule is CCCCCCCCCCCCCCCCOC(=O)/C=C/C(=O)OCC(C)(C)C. The number of unbranched alkanes of at least 4 members (excludes halogenated alkanes) is 13. The monoisotopic (exact) mass is 410 g/mol. The topological polar surface area (TPSA) is 52.6 Å². The Bertz CT molecular complexity index is 435. The van der Waals surface area contributed by atoms with Crippen molar-refractivity contribution in [2.75, 3.05) is 13.2 Å². The van der Waals surface area contributed by atoms with E-state index in [1.807, 2.05) is 20.8 Å². The van der Waals surface area contributed by atoms with Gasteiger partial charge in [-0.1, -0.05) is 111 Å². The molecule has 0 aliphatic heterocycles. The molecule has 0 atom stereocenters. The molecule has 0 aromatic rings. The zero-order chi connectivity index (χ0) is 21.8. The predicted octanol–water partition coefficient (Wildman–Crippen LogP) is 7.16. The van der Waals surface area contributed by atoms with E-state index in [2.05, 4.69) is 6.92 Å². The average Bonchev–Trinajstić information content (AvgIpc) is 2.67. The number of ether oxygens (including phenoxy) is 2. The highest BCUT2D eigenvalue weighted by atomic mass is 16.5. The van der Waals surface area contributed by atoms with Crippen LogP contribution in [0.5, 0.6) is 0 Å². The molecule has 0 amide bonds. The van der Waals surface area contributed by atoms with Crippen LogP contribution in [0, 0.1) is 5.41 Å². The van der Waals surface area contributed by atoms with Crippen LogP contribution in [-0.2, 0) is 19.1 Å². The lowest BCUT2D eigenvalue weighted by molar-refractivity contribution is -0.142. The highest BCUT2D eigenvalue weighted by Crippen LogP contribution is 2.14. The van der Waals surface area contributed by atoms with Crippen LogP contribution < -0.4 is 0 Å². The number of hydrogen-bond donors (Lipinski definition) is 0. The number of carbonyl (C=O) groups excluding carboxylic acids is 2. The molecule has 0 heterocycles. The predicted molar refractivity (Wildman–Crippen MR) is 121 cm³/mol. The van der Waals surface area contributed by atoms with Gasteiger partial charge in [0.2, 0.25) is 0 Å². The Kier molecular flexibility index (Phi) is 17.8. The molecule has 0 rings (SSSR count). The Morgan fingerprint density at radius 2 is 1.00 bits per heavy atom. The van der Waals surface area contributed by atoms with Gasteiger partial charge in [-0.25, -0.2) is 9.59 Å². The van der Waals surface area contributed by atoms with Gasteiger partial charge in [0, 0.05) is 12.2 Å². The van der Waals surface area contributed by atoms with Crippen LogP contribution in [0.2, 0.25) is 0 Å². The van der Waals surface area contributed by atoms with Crippen LogP contribution in [0.1, 0.15) is 118 Å². The average molecular weight is 411 g/mol. The molecule has 0 fully saturated rings. The molecule has 4 nitrogen and oxygen atoms in total. The van der Waals surface area contributed by atoms with Crippen molar-refractivity contribution in [3.05, 3.63) is 12.2 Å². The Morgan fingerprint density at radius 1 is 0.621 bits per heavy atom. The van der Waals surface area contributed by atoms with E-state index in [1.54, 1.807) is 0 Å². The second-order valence-electron chi connectivity index (χ2n) is 9.27. The first-order valence-corrected chi connectivity index (χ1v) is 11.9. The molecule has 0 bridgehead atoms. The second-order valence-corrected chi connectivity index (χ2v) is 9.27. The van der Waals surface area contributed by atoms with E-state index in [9.17, 15) is 9.59 Å². The smallest absolute Gasteiger partial charge is 0.331 e. The molecule has 0 aliphatic carbocycles. The second kappa shape index (κ2) is 18.7. The Hall–Kier alpha value is -1.32. The van der Waals surface area contributed by atoms with E-state index in [1.165, 1.54) is 77.0 Å². The van der Waals surface area contributed by atoms with Gasteiger partial charge in [0.15, 0.2) is 0 Å². The standard InChI is InChI=1S/C25H46O4/c1-5-6-7-8-9-10-11-12-13-14-15-16-17-18-21-28-23(26)19-20-24(27)29-22-25(2,3)4/h19-20H,5-18,21-22H2,1-4H3/b20-19+.